The molecule has 0 saturated carbocycles. The number of methoxy groups -OCH3 is 1. The average Bonchev–Trinajstić information content (AvgIpc) is 3.13. The van der Waals surface area contributed by atoms with Gasteiger partial charge in [-0.1, -0.05) is 18.2 Å². The van der Waals surface area contributed by atoms with Gasteiger partial charge in [0.2, 0.25) is 0 Å². The second-order valence-electron chi connectivity index (χ2n) is 5.93. The third kappa shape index (κ3) is 4.18. The minimum atomic E-state index is -4.89. The maximum Gasteiger partial charge on any atom is 0.573 e. The van der Waals surface area contributed by atoms with E-state index in [-0.39, 0.29) is 18.7 Å². The summed E-state index contributed by atoms with van der Waals surface area (Å²) in [4.78, 5) is 32.4. The van der Waals surface area contributed by atoms with E-state index in [1.807, 2.05) is 0 Å². The molecule has 3 rings (SSSR count). The number of carbonyl (C=O) groups excluding carboxylic acids is 2. The molecule has 0 saturated heterocycles. The maximum absolute atomic E-state index is 12.8. The molecule has 0 spiro atoms. The molecule has 2 N–H and O–H groups in total. The molecule has 2 amide bonds. The number of hydrogen-bond donors (Lipinski definition) is 2. The number of para-hydroxylation sites is 1. The van der Waals surface area contributed by atoms with Crippen molar-refractivity contribution in [2.24, 2.45) is 0 Å². The standard InChI is InChI=1S/C17H17F3N4O4/c1-27-13(25)8-21-16(26)24-7-6-11-14(23-9-22-11)15(24)10-4-2-3-5-12(10)28-17(18,19)20/h2-5,9,15H,6-8H2,1H3,(H,21,26)(H,22,23)/t15-/m0/s1. The summed E-state index contributed by atoms with van der Waals surface area (Å²) in [6, 6.07) is 4.01. The van der Waals surface area contributed by atoms with E-state index in [9.17, 15) is 22.8 Å². The molecule has 2 aromatic rings. The van der Waals surface area contributed by atoms with Crippen LogP contribution >= 0.6 is 0 Å². The van der Waals surface area contributed by atoms with Crippen LogP contribution in [0.15, 0.2) is 30.6 Å². The number of alkyl halides is 3. The van der Waals surface area contributed by atoms with Crippen molar-refractivity contribution in [3.63, 3.8) is 0 Å². The van der Waals surface area contributed by atoms with Gasteiger partial charge in [-0.3, -0.25) is 4.79 Å². The van der Waals surface area contributed by atoms with Crippen molar-refractivity contribution < 1.29 is 32.2 Å². The summed E-state index contributed by atoms with van der Waals surface area (Å²) < 4.78 is 47.2. The van der Waals surface area contributed by atoms with E-state index in [0.29, 0.717) is 17.8 Å². The number of imidazole rings is 1. The van der Waals surface area contributed by atoms with Crippen LogP contribution in [0.25, 0.3) is 0 Å². The van der Waals surface area contributed by atoms with E-state index in [1.54, 1.807) is 6.07 Å². The number of nitrogens with one attached hydrogen (secondary N) is 2. The Hall–Kier alpha value is -3.24. The van der Waals surface area contributed by atoms with Crippen molar-refractivity contribution >= 4 is 12.0 Å². The van der Waals surface area contributed by atoms with E-state index < -0.39 is 30.2 Å². The van der Waals surface area contributed by atoms with Gasteiger partial charge in [0.1, 0.15) is 18.3 Å². The molecule has 1 aromatic carbocycles. The number of hydrogen-bond acceptors (Lipinski definition) is 5. The number of carbonyl (C=O) groups is 2. The number of halogens is 3. The summed E-state index contributed by atoms with van der Waals surface area (Å²) in [6.45, 7) is -0.167. The lowest BCUT2D eigenvalue weighted by Gasteiger charge is -2.35. The highest BCUT2D eigenvalue weighted by molar-refractivity contribution is 5.81. The lowest BCUT2D eigenvalue weighted by atomic mass is 9.95. The first kappa shape index (κ1) is 19.5. The predicted molar refractivity (Wildman–Crippen MR) is 89.4 cm³/mol. The zero-order chi connectivity index (χ0) is 20.3. The Bertz CT molecular complexity index is 868. The number of nitrogens with zero attached hydrogens (tertiary/aromatic N) is 2. The zero-order valence-electron chi connectivity index (χ0n) is 14.7. The number of amides is 2. The van der Waals surface area contributed by atoms with Gasteiger partial charge in [-0.05, 0) is 6.07 Å². The summed E-state index contributed by atoms with van der Waals surface area (Å²) in [5.74, 6) is -1.08. The molecule has 0 aliphatic carbocycles. The quantitative estimate of drug-likeness (QED) is 0.770. The number of fused-ring (bicyclic) bond motifs is 1. The third-order valence-corrected chi connectivity index (χ3v) is 4.24. The number of H-pyrrole nitrogens is 1. The fraction of sp³-hybridized carbons (Fsp3) is 0.353. The molecular weight excluding hydrogens is 381 g/mol. The highest BCUT2D eigenvalue weighted by Crippen LogP contribution is 2.39. The minimum Gasteiger partial charge on any atom is -0.468 e. The Morgan fingerprint density at radius 1 is 1.36 bits per heavy atom. The second-order valence-corrected chi connectivity index (χ2v) is 5.93. The molecule has 11 heteroatoms. The third-order valence-electron chi connectivity index (χ3n) is 4.24. The Morgan fingerprint density at radius 3 is 2.82 bits per heavy atom. The van der Waals surface area contributed by atoms with Crippen molar-refractivity contribution in [1.82, 2.24) is 20.2 Å². The number of ether oxygens (including phenoxy) is 2. The van der Waals surface area contributed by atoms with E-state index in [2.05, 4.69) is 24.8 Å². The first-order chi connectivity index (χ1) is 13.3. The van der Waals surface area contributed by atoms with Gasteiger partial charge in [-0.2, -0.15) is 0 Å². The van der Waals surface area contributed by atoms with Crippen molar-refractivity contribution in [3.8, 4) is 5.75 Å². The van der Waals surface area contributed by atoms with Gasteiger partial charge in [0.05, 0.1) is 19.1 Å². The van der Waals surface area contributed by atoms with Crippen LogP contribution in [0.4, 0.5) is 18.0 Å². The number of rotatable bonds is 4. The van der Waals surface area contributed by atoms with Gasteiger partial charge in [0.15, 0.2) is 0 Å². The molecular formula is C17H17F3N4O4. The number of benzene rings is 1. The highest BCUT2D eigenvalue weighted by Gasteiger charge is 2.38. The lowest BCUT2D eigenvalue weighted by Crippen LogP contribution is -2.47. The van der Waals surface area contributed by atoms with Crippen LogP contribution in [-0.2, 0) is 16.0 Å². The highest BCUT2D eigenvalue weighted by atomic mass is 19.4. The van der Waals surface area contributed by atoms with Crippen LogP contribution in [0.1, 0.15) is 23.0 Å². The number of urea groups is 1. The van der Waals surface area contributed by atoms with Crippen molar-refractivity contribution in [2.75, 3.05) is 20.2 Å². The van der Waals surface area contributed by atoms with Gasteiger partial charge in [-0.25, -0.2) is 9.78 Å². The first-order valence-electron chi connectivity index (χ1n) is 8.28. The van der Waals surface area contributed by atoms with Gasteiger partial charge < -0.3 is 24.7 Å². The smallest absolute Gasteiger partial charge is 0.468 e. The average molecular weight is 398 g/mol. The van der Waals surface area contributed by atoms with Crippen molar-refractivity contribution in [2.45, 2.75) is 18.8 Å². The Balaban J connectivity index is 1.97. The maximum atomic E-state index is 12.8. The fourth-order valence-electron chi connectivity index (χ4n) is 3.06. The van der Waals surface area contributed by atoms with Crippen LogP contribution in [0.3, 0.4) is 0 Å². The lowest BCUT2D eigenvalue weighted by molar-refractivity contribution is -0.275. The second kappa shape index (κ2) is 7.79. The van der Waals surface area contributed by atoms with Crippen LogP contribution in [-0.4, -0.2) is 53.4 Å². The molecule has 150 valence electrons. The molecule has 1 aliphatic heterocycles. The van der Waals surface area contributed by atoms with Gasteiger partial charge >= 0.3 is 18.4 Å². The molecule has 1 atom stereocenters. The molecule has 0 bridgehead atoms. The van der Waals surface area contributed by atoms with Gasteiger partial charge in [0, 0.05) is 24.2 Å². The molecule has 0 fully saturated rings. The largest absolute Gasteiger partial charge is 0.573 e. The molecule has 0 unspecified atom stereocenters. The summed E-state index contributed by atoms with van der Waals surface area (Å²) in [5, 5.41) is 2.40. The topological polar surface area (TPSA) is 96.6 Å². The summed E-state index contributed by atoms with van der Waals surface area (Å²) >= 11 is 0. The van der Waals surface area contributed by atoms with Crippen LogP contribution < -0.4 is 10.1 Å². The zero-order valence-corrected chi connectivity index (χ0v) is 14.7. The van der Waals surface area contributed by atoms with Crippen LogP contribution in [0, 0.1) is 0 Å². The van der Waals surface area contributed by atoms with E-state index in [0.717, 1.165) is 0 Å². The summed E-state index contributed by atoms with van der Waals surface area (Å²) in [7, 11) is 1.18. The molecule has 1 aliphatic rings. The van der Waals surface area contributed by atoms with E-state index in [1.165, 1.54) is 36.5 Å². The normalized spacial score (nSPS) is 16.3. The summed E-state index contributed by atoms with van der Waals surface area (Å²) in [5.41, 5.74) is 1.25. The van der Waals surface area contributed by atoms with E-state index >= 15 is 0 Å². The molecule has 0 radical (unpaired) electrons. The van der Waals surface area contributed by atoms with Gasteiger partial charge in [-0.15, -0.1) is 13.2 Å². The van der Waals surface area contributed by atoms with Crippen LogP contribution in [0.2, 0.25) is 0 Å². The monoisotopic (exact) mass is 398 g/mol. The number of aromatic amines is 1. The minimum absolute atomic E-state index is 0.126. The molecule has 2 heterocycles. The van der Waals surface area contributed by atoms with Crippen molar-refractivity contribution in [1.29, 1.82) is 0 Å². The molecule has 1 aromatic heterocycles. The number of esters is 1. The SMILES string of the molecule is COC(=O)CNC(=O)N1CCc2[nH]cnc2[C@@H]1c1ccccc1OC(F)(F)F. The number of aromatic nitrogens is 2. The predicted octanol–water partition coefficient (Wildman–Crippen LogP) is 2.14. The van der Waals surface area contributed by atoms with Crippen molar-refractivity contribution in [3.05, 3.63) is 47.5 Å². The van der Waals surface area contributed by atoms with Gasteiger partial charge in [0.25, 0.3) is 0 Å². The summed E-state index contributed by atoms with van der Waals surface area (Å²) in [6.07, 6.45) is -3.04. The fourth-order valence-corrected chi connectivity index (χ4v) is 3.06. The van der Waals surface area contributed by atoms with Crippen LogP contribution in [0.5, 0.6) is 5.75 Å². The van der Waals surface area contributed by atoms with E-state index in [4.69, 9.17) is 0 Å². The Kier molecular flexibility index (Phi) is 5.43. The first-order valence-corrected chi connectivity index (χ1v) is 8.28. The molecule has 8 nitrogen and oxygen atoms in total. The Morgan fingerprint density at radius 2 is 2.11 bits per heavy atom. The molecule has 28 heavy (non-hydrogen) atoms. The Labute approximate surface area is 157 Å².